The average molecular weight is 357 g/mol. The van der Waals surface area contributed by atoms with E-state index in [0.29, 0.717) is 32.8 Å². The molecule has 134 valence electrons. The number of aliphatic hydroxyl groups is 1. The van der Waals surface area contributed by atoms with Crippen molar-refractivity contribution in [2.45, 2.75) is 20.0 Å². The van der Waals surface area contributed by atoms with Crippen LogP contribution in [-0.2, 0) is 9.53 Å². The maximum Gasteiger partial charge on any atom is 0.260 e. The molecule has 0 bridgehead atoms. The lowest BCUT2D eigenvalue weighted by molar-refractivity contribution is -0.137. The summed E-state index contributed by atoms with van der Waals surface area (Å²) in [5.41, 5.74) is 2.77. The minimum absolute atomic E-state index is 0.0236. The number of morpholine rings is 1. The molecule has 1 fully saturated rings. The molecular formula is C17H25ClN2O4. The Hall–Kier alpha value is -1.50. The number of rotatable bonds is 7. The fourth-order valence-corrected chi connectivity index (χ4v) is 2.72. The predicted octanol–water partition coefficient (Wildman–Crippen LogP) is 1.55. The number of ether oxygens (including phenoxy) is 2. The van der Waals surface area contributed by atoms with Crippen molar-refractivity contribution in [2.75, 3.05) is 50.7 Å². The summed E-state index contributed by atoms with van der Waals surface area (Å²) >= 11 is 5.59. The van der Waals surface area contributed by atoms with Crippen molar-refractivity contribution in [1.82, 2.24) is 4.90 Å². The Morgan fingerprint density at radius 1 is 1.38 bits per heavy atom. The summed E-state index contributed by atoms with van der Waals surface area (Å²) in [6.45, 7) is 6.68. The van der Waals surface area contributed by atoms with E-state index in [1.165, 1.54) is 0 Å². The van der Waals surface area contributed by atoms with E-state index in [4.69, 9.17) is 21.1 Å². The number of nitrogens with one attached hydrogen (secondary N) is 1. The van der Waals surface area contributed by atoms with Crippen LogP contribution in [-0.4, -0.2) is 67.4 Å². The minimum atomic E-state index is -0.589. The third-order valence-electron chi connectivity index (χ3n) is 3.88. The Morgan fingerprint density at radius 3 is 2.58 bits per heavy atom. The van der Waals surface area contributed by atoms with Crippen molar-refractivity contribution in [3.05, 3.63) is 23.3 Å². The monoisotopic (exact) mass is 356 g/mol. The van der Waals surface area contributed by atoms with Gasteiger partial charge in [-0.1, -0.05) is 0 Å². The molecule has 1 atom stereocenters. The molecule has 2 rings (SSSR count). The molecule has 1 saturated heterocycles. The van der Waals surface area contributed by atoms with Crippen LogP contribution in [0.1, 0.15) is 11.1 Å². The summed E-state index contributed by atoms with van der Waals surface area (Å²) in [5, 5.41) is 12.7. The third kappa shape index (κ3) is 5.26. The first-order chi connectivity index (χ1) is 11.5. The molecule has 1 unspecified atom stereocenters. The number of aryl methyl sites for hydroxylation is 2. The van der Waals surface area contributed by atoms with Gasteiger partial charge in [-0.25, -0.2) is 0 Å². The van der Waals surface area contributed by atoms with Crippen LogP contribution in [0, 0.1) is 13.8 Å². The maximum atomic E-state index is 12.2. The van der Waals surface area contributed by atoms with Gasteiger partial charge in [0.2, 0.25) is 0 Å². The van der Waals surface area contributed by atoms with Gasteiger partial charge in [0, 0.05) is 25.3 Å². The maximum absolute atomic E-state index is 12.2. The van der Waals surface area contributed by atoms with Crippen LogP contribution >= 0.6 is 11.6 Å². The van der Waals surface area contributed by atoms with Gasteiger partial charge >= 0.3 is 0 Å². The highest BCUT2D eigenvalue weighted by Crippen LogP contribution is 2.27. The van der Waals surface area contributed by atoms with Crippen LogP contribution in [0.15, 0.2) is 12.1 Å². The van der Waals surface area contributed by atoms with Crippen LogP contribution in [0.2, 0.25) is 0 Å². The number of aliphatic hydroxyl groups excluding tert-OH is 1. The highest BCUT2D eigenvalue weighted by Gasteiger charge is 2.18. The van der Waals surface area contributed by atoms with Crippen molar-refractivity contribution in [2.24, 2.45) is 0 Å². The number of hydrogen-bond donors (Lipinski definition) is 2. The lowest BCUT2D eigenvalue weighted by Crippen LogP contribution is -2.43. The summed E-state index contributed by atoms with van der Waals surface area (Å²) in [6, 6.07) is 3.87. The van der Waals surface area contributed by atoms with Gasteiger partial charge in [0.25, 0.3) is 5.91 Å². The molecular weight excluding hydrogens is 332 g/mol. The standard InChI is InChI=1S/C17H25ClN2O4/c1-12-7-14(19-10-15(21)9-18)8-13(2)17(12)24-11-16(22)20-3-5-23-6-4-20/h7-8,15,19,21H,3-6,9-11H2,1-2H3. The minimum Gasteiger partial charge on any atom is -0.483 e. The zero-order valence-electron chi connectivity index (χ0n) is 14.2. The third-order valence-corrected chi connectivity index (χ3v) is 4.24. The van der Waals surface area contributed by atoms with Gasteiger partial charge in [0.05, 0.1) is 25.2 Å². The van der Waals surface area contributed by atoms with Crippen LogP contribution in [0.3, 0.4) is 0 Å². The van der Waals surface area contributed by atoms with E-state index in [1.54, 1.807) is 4.90 Å². The molecule has 1 heterocycles. The Morgan fingerprint density at radius 2 is 2.00 bits per heavy atom. The molecule has 24 heavy (non-hydrogen) atoms. The first-order valence-corrected chi connectivity index (χ1v) is 8.62. The number of amides is 1. The largest absolute Gasteiger partial charge is 0.483 e. The van der Waals surface area contributed by atoms with E-state index in [9.17, 15) is 9.90 Å². The van der Waals surface area contributed by atoms with E-state index in [0.717, 1.165) is 22.6 Å². The van der Waals surface area contributed by atoms with Crippen molar-refractivity contribution in [3.8, 4) is 5.75 Å². The Balaban J connectivity index is 1.93. The smallest absolute Gasteiger partial charge is 0.260 e. The van der Waals surface area contributed by atoms with Crippen molar-refractivity contribution < 1.29 is 19.4 Å². The molecule has 7 heteroatoms. The number of anilines is 1. The second-order valence-corrected chi connectivity index (χ2v) is 6.22. The number of halogens is 1. The SMILES string of the molecule is Cc1cc(NCC(O)CCl)cc(C)c1OCC(=O)N1CCOCC1. The molecule has 1 aliphatic rings. The van der Waals surface area contributed by atoms with Crippen LogP contribution in [0.5, 0.6) is 5.75 Å². The highest BCUT2D eigenvalue weighted by molar-refractivity contribution is 6.18. The van der Waals surface area contributed by atoms with Gasteiger partial charge in [-0.2, -0.15) is 0 Å². The summed E-state index contributed by atoms with van der Waals surface area (Å²) in [5.74, 6) is 0.889. The molecule has 0 radical (unpaired) electrons. The molecule has 1 aromatic rings. The van der Waals surface area contributed by atoms with Gasteiger partial charge in [0.15, 0.2) is 6.61 Å². The zero-order valence-corrected chi connectivity index (χ0v) is 14.9. The summed E-state index contributed by atoms with van der Waals surface area (Å²) in [7, 11) is 0. The number of carbonyl (C=O) groups is 1. The predicted molar refractivity (Wildman–Crippen MR) is 94.0 cm³/mol. The van der Waals surface area contributed by atoms with E-state index in [1.807, 2.05) is 26.0 Å². The number of nitrogens with zero attached hydrogens (tertiary/aromatic N) is 1. The molecule has 0 saturated carbocycles. The molecule has 1 aromatic carbocycles. The molecule has 0 aliphatic carbocycles. The number of alkyl halides is 1. The van der Waals surface area contributed by atoms with E-state index in [2.05, 4.69) is 5.32 Å². The lowest BCUT2D eigenvalue weighted by Gasteiger charge is -2.27. The number of hydrogen-bond acceptors (Lipinski definition) is 5. The quantitative estimate of drug-likeness (QED) is 0.725. The van der Waals surface area contributed by atoms with E-state index in [-0.39, 0.29) is 18.4 Å². The van der Waals surface area contributed by atoms with Gasteiger partial charge < -0.3 is 24.8 Å². The molecule has 1 amide bonds. The second kappa shape index (κ2) is 9.11. The van der Waals surface area contributed by atoms with Crippen molar-refractivity contribution in [1.29, 1.82) is 0 Å². The zero-order chi connectivity index (χ0) is 17.5. The average Bonchev–Trinajstić information content (AvgIpc) is 2.59. The van der Waals surface area contributed by atoms with Crippen LogP contribution in [0.25, 0.3) is 0 Å². The van der Waals surface area contributed by atoms with Crippen molar-refractivity contribution >= 4 is 23.2 Å². The Bertz CT molecular complexity index is 539. The van der Waals surface area contributed by atoms with E-state index < -0.39 is 6.10 Å². The Kier molecular flexibility index (Phi) is 7.15. The van der Waals surface area contributed by atoms with Gasteiger partial charge in [-0.05, 0) is 37.1 Å². The summed E-state index contributed by atoms with van der Waals surface area (Å²) < 4.78 is 11.0. The van der Waals surface area contributed by atoms with Gasteiger partial charge in [-0.3, -0.25) is 4.79 Å². The second-order valence-electron chi connectivity index (χ2n) is 5.91. The first-order valence-electron chi connectivity index (χ1n) is 8.08. The summed E-state index contributed by atoms with van der Waals surface area (Å²) in [4.78, 5) is 13.9. The number of carbonyl (C=O) groups excluding carboxylic acids is 1. The molecule has 2 N–H and O–H groups in total. The topological polar surface area (TPSA) is 71.0 Å². The number of benzene rings is 1. The van der Waals surface area contributed by atoms with Gasteiger partial charge in [-0.15, -0.1) is 11.6 Å². The molecule has 0 aromatic heterocycles. The van der Waals surface area contributed by atoms with Crippen molar-refractivity contribution in [3.63, 3.8) is 0 Å². The van der Waals surface area contributed by atoms with Crippen LogP contribution in [0.4, 0.5) is 5.69 Å². The first kappa shape index (κ1) is 18.8. The normalized spacial score (nSPS) is 15.9. The van der Waals surface area contributed by atoms with Gasteiger partial charge in [0.1, 0.15) is 5.75 Å². The van der Waals surface area contributed by atoms with E-state index >= 15 is 0 Å². The molecule has 1 aliphatic heterocycles. The van der Waals surface area contributed by atoms with Crippen LogP contribution < -0.4 is 10.1 Å². The Labute approximate surface area is 147 Å². The lowest BCUT2D eigenvalue weighted by atomic mass is 10.1. The fraction of sp³-hybridized carbons (Fsp3) is 0.588. The highest BCUT2D eigenvalue weighted by atomic mass is 35.5. The summed E-state index contributed by atoms with van der Waals surface area (Å²) in [6.07, 6.45) is -0.589. The molecule has 6 nitrogen and oxygen atoms in total. The fourth-order valence-electron chi connectivity index (χ4n) is 2.61. The molecule has 0 spiro atoms.